The van der Waals surface area contributed by atoms with Crippen LogP contribution in [-0.2, 0) is 4.79 Å². The van der Waals surface area contributed by atoms with Gasteiger partial charge in [-0.05, 0) is 60.1 Å². The molecule has 0 saturated carbocycles. The first-order valence-corrected chi connectivity index (χ1v) is 7.73. The standard InChI is InChI=1S/C15H22INO/c1-4-6-12(7-5-2)15(18)17-14-10-13(16)9-8-11(14)3/h8-10,12H,4-7H2,1-3H3,(H,17,18). The Bertz CT molecular complexity index is 397. The predicted molar refractivity (Wildman–Crippen MR) is 85.8 cm³/mol. The van der Waals surface area contributed by atoms with Gasteiger partial charge in [-0.25, -0.2) is 0 Å². The Hall–Kier alpha value is -0.580. The maximum absolute atomic E-state index is 12.2. The average molecular weight is 359 g/mol. The molecule has 0 saturated heterocycles. The maximum Gasteiger partial charge on any atom is 0.227 e. The second-order valence-electron chi connectivity index (χ2n) is 4.72. The van der Waals surface area contributed by atoms with Gasteiger partial charge in [-0.3, -0.25) is 4.79 Å². The lowest BCUT2D eigenvalue weighted by molar-refractivity contribution is -0.120. The number of anilines is 1. The Kier molecular flexibility index (Phi) is 6.68. The van der Waals surface area contributed by atoms with Crippen molar-refractivity contribution in [1.29, 1.82) is 0 Å². The second kappa shape index (κ2) is 7.77. The van der Waals surface area contributed by atoms with Crippen LogP contribution < -0.4 is 5.32 Å². The van der Waals surface area contributed by atoms with Crippen molar-refractivity contribution in [2.24, 2.45) is 5.92 Å². The van der Waals surface area contributed by atoms with E-state index in [0.29, 0.717) is 0 Å². The van der Waals surface area contributed by atoms with Crippen LogP contribution in [0.15, 0.2) is 18.2 Å². The van der Waals surface area contributed by atoms with E-state index in [4.69, 9.17) is 0 Å². The molecule has 1 N–H and O–H groups in total. The summed E-state index contributed by atoms with van der Waals surface area (Å²) in [5.41, 5.74) is 2.07. The minimum Gasteiger partial charge on any atom is -0.326 e. The molecule has 1 aromatic rings. The summed E-state index contributed by atoms with van der Waals surface area (Å²) in [6.45, 7) is 6.29. The van der Waals surface area contributed by atoms with Gasteiger partial charge in [-0.1, -0.05) is 32.8 Å². The zero-order valence-corrected chi connectivity index (χ0v) is 13.6. The summed E-state index contributed by atoms with van der Waals surface area (Å²) >= 11 is 2.27. The van der Waals surface area contributed by atoms with Crippen LogP contribution in [0.1, 0.15) is 45.1 Å². The summed E-state index contributed by atoms with van der Waals surface area (Å²) in [5, 5.41) is 3.08. The molecule has 0 aliphatic rings. The quantitative estimate of drug-likeness (QED) is 0.730. The summed E-state index contributed by atoms with van der Waals surface area (Å²) in [5.74, 6) is 0.320. The number of nitrogens with one attached hydrogen (secondary N) is 1. The molecule has 0 heterocycles. The summed E-state index contributed by atoms with van der Waals surface area (Å²) in [7, 11) is 0. The molecule has 0 bridgehead atoms. The normalized spacial score (nSPS) is 10.7. The van der Waals surface area contributed by atoms with Gasteiger partial charge in [0.05, 0.1) is 0 Å². The van der Waals surface area contributed by atoms with Crippen molar-refractivity contribution in [2.45, 2.75) is 46.5 Å². The molecule has 100 valence electrons. The summed E-state index contributed by atoms with van der Waals surface area (Å²) < 4.78 is 1.15. The first-order valence-electron chi connectivity index (χ1n) is 6.65. The number of hydrogen-bond acceptors (Lipinski definition) is 1. The number of amides is 1. The van der Waals surface area contributed by atoms with E-state index in [1.807, 2.05) is 19.1 Å². The van der Waals surface area contributed by atoms with Crippen LogP contribution in [0, 0.1) is 16.4 Å². The number of rotatable bonds is 6. The lowest BCUT2D eigenvalue weighted by Crippen LogP contribution is -2.23. The minimum absolute atomic E-state index is 0.150. The highest BCUT2D eigenvalue weighted by Gasteiger charge is 2.17. The third-order valence-electron chi connectivity index (χ3n) is 3.10. The van der Waals surface area contributed by atoms with Crippen LogP contribution in [0.4, 0.5) is 5.69 Å². The van der Waals surface area contributed by atoms with E-state index in [2.05, 4.69) is 47.8 Å². The Morgan fingerprint density at radius 1 is 1.28 bits per heavy atom. The molecule has 2 nitrogen and oxygen atoms in total. The van der Waals surface area contributed by atoms with Crippen molar-refractivity contribution in [3.63, 3.8) is 0 Å². The van der Waals surface area contributed by atoms with Crippen LogP contribution in [-0.4, -0.2) is 5.91 Å². The maximum atomic E-state index is 12.2. The largest absolute Gasteiger partial charge is 0.326 e. The van der Waals surface area contributed by atoms with Gasteiger partial charge in [-0.15, -0.1) is 0 Å². The lowest BCUT2D eigenvalue weighted by Gasteiger charge is -2.16. The lowest BCUT2D eigenvalue weighted by atomic mass is 9.97. The molecular weight excluding hydrogens is 337 g/mol. The third-order valence-corrected chi connectivity index (χ3v) is 3.77. The third kappa shape index (κ3) is 4.59. The number of halogens is 1. The van der Waals surface area contributed by atoms with E-state index >= 15 is 0 Å². The average Bonchev–Trinajstić information content (AvgIpc) is 2.33. The monoisotopic (exact) mass is 359 g/mol. The first-order chi connectivity index (χ1) is 8.58. The number of carbonyl (C=O) groups is 1. The Labute approximate surface area is 124 Å². The second-order valence-corrected chi connectivity index (χ2v) is 5.97. The van der Waals surface area contributed by atoms with Crippen molar-refractivity contribution < 1.29 is 4.79 Å². The molecule has 0 radical (unpaired) electrons. The molecule has 0 spiro atoms. The SMILES string of the molecule is CCCC(CCC)C(=O)Nc1cc(I)ccc1C. The van der Waals surface area contributed by atoms with Crippen LogP contribution in [0.3, 0.4) is 0 Å². The van der Waals surface area contributed by atoms with Gasteiger partial charge < -0.3 is 5.32 Å². The van der Waals surface area contributed by atoms with Gasteiger partial charge >= 0.3 is 0 Å². The summed E-state index contributed by atoms with van der Waals surface area (Å²) in [6.07, 6.45) is 4.07. The van der Waals surface area contributed by atoms with Crippen LogP contribution in [0.5, 0.6) is 0 Å². The fourth-order valence-electron chi connectivity index (χ4n) is 2.07. The van der Waals surface area contributed by atoms with Gasteiger partial charge in [0.25, 0.3) is 0 Å². The van der Waals surface area contributed by atoms with Crippen molar-refractivity contribution in [2.75, 3.05) is 5.32 Å². The fourth-order valence-corrected chi connectivity index (χ4v) is 2.56. The van der Waals surface area contributed by atoms with Gasteiger partial charge in [0.1, 0.15) is 0 Å². The summed E-state index contributed by atoms with van der Waals surface area (Å²) in [6, 6.07) is 6.13. The Morgan fingerprint density at radius 2 is 1.89 bits per heavy atom. The van der Waals surface area contributed by atoms with E-state index in [1.54, 1.807) is 0 Å². The number of benzene rings is 1. The van der Waals surface area contributed by atoms with Crippen LogP contribution in [0.2, 0.25) is 0 Å². The molecule has 0 fully saturated rings. The van der Waals surface area contributed by atoms with Crippen LogP contribution in [0.25, 0.3) is 0 Å². The molecule has 3 heteroatoms. The smallest absolute Gasteiger partial charge is 0.227 e. The van der Waals surface area contributed by atoms with Crippen LogP contribution >= 0.6 is 22.6 Å². The van der Waals surface area contributed by atoms with E-state index < -0.39 is 0 Å². The molecule has 1 rings (SSSR count). The highest BCUT2D eigenvalue weighted by atomic mass is 127. The molecule has 18 heavy (non-hydrogen) atoms. The van der Waals surface area contributed by atoms with Gasteiger partial charge in [0.15, 0.2) is 0 Å². The summed E-state index contributed by atoms with van der Waals surface area (Å²) in [4.78, 5) is 12.2. The Morgan fingerprint density at radius 3 is 2.44 bits per heavy atom. The molecule has 0 unspecified atom stereocenters. The molecule has 1 aromatic carbocycles. The highest BCUT2D eigenvalue weighted by molar-refractivity contribution is 14.1. The predicted octanol–water partition coefficient (Wildman–Crippen LogP) is 4.75. The number of carbonyl (C=O) groups excluding carboxylic acids is 1. The zero-order chi connectivity index (χ0) is 13.5. The van der Waals surface area contributed by atoms with E-state index in [0.717, 1.165) is 40.5 Å². The zero-order valence-electron chi connectivity index (χ0n) is 11.4. The van der Waals surface area contributed by atoms with Crippen molar-refractivity contribution in [3.8, 4) is 0 Å². The van der Waals surface area contributed by atoms with E-state index in [-0.39, 0.29) is 11.8 Å². The molecule has 1 amide bonds. The van der Waals surface area contributed by atoms with Crippen molar-refractivity contribution in [3.05, 3.63) is 27.3 Å². The molecule has 0 aliphatic carbocycles. The van der Waals surface area contributed by atoms with Crippen molar-refractivity contribution >= 4 is 34.2 Å². The van der Waals surface area contributed by atoms with Gasteiger partial charge in [0, 0.05) is 15.2 Å². The van der Waals surface area contributed by atoms with Gasteiger partial charge in [-0.2, -0.15) is 0 Å². The highest BCUT2D eigenvalue weighted by Crippen LogP contribution is 2.21. The molecule has 0 atom stereocenters. The first kappa shape index (κ1) is 15.5. The molecular formula is C15H22INO. The topological polar surface area (TPSA) is 29.1 Å². The molecule has 0 aromatic heterocycles. The minimum atomic E-state index is 0.150. The van der Waals surface area contributed by atoms with E-state index in [9.17, 15) is 4.79 Å². The Balaban J connectivity index is 2.75. The van der Waals surface area contributed by atoms with E-state index in [1.165, 1.54) is 0 Å². The number of aryl methyl sites for hydroxylation is 1. The van der Waals surface area contributed by atoms with Crippen molar-refractivity contribution in [1.82, 2.24) is 0 Å². The number of hydrogen-bond donors (Lipinski definition) is 1. The van der Waals surface area contributed by atoms with Gasteiger partial charge in [0.2, 0.25) is 5.91 Å². The molecule has 0 aliphatic heterocycles. The fraction of sp³-hybridized carbons (Fsp3) is 0.533.